The van der Waals surface area contributed by atoms with Gasteiger partial charge in [0.1, 0.15) is 11.6 Å². The maximum absolute atomic E-state index is 12.4. The highest BCUT2D eigenvalue weighted by Crippen LogP contribution is 2.24. The number of terminal acetylenes is 1. The number of benzene rings is 1. The average molecular weight is 317 g/mol. The van der Waals surface area contributed by atoms with Gasteiger partial charge in [0, 0.05) is 28.7 Å². The third kappa shape index (κ3) is 3.19. The molecule has 0 bridgehead atoms. The van der Waals surface area contributed by atoms with Gasteiger partial charge in [-0.2, -0.15) is 5.26 Å². The summed E-state index contributed by atoms with van der Waals surface area (Å²) < 4.78 is 1.95. The fourth-order valence-corrected chi connectivity index (χ4v) is 3.26. The van der Waals surface area contributed by atoms with Crippen molar-refractivity contribution in [3.05, 3.63) is 41.6 Å². The van der Waals surface area contributed by atoms with Crippen molar-refractivity contribution in [2.75, 3.05) is 0 Å². The number of carbonyl (C=O) groups excluding carboxylic acids is 1. The van der Waals surface area contributed by atoms with Gasteiger partial charge in [0.15, 0.2) is 0 Å². The van der Waals surface area contributed by atoms with Crippen molar-refractivity contribution >= 4 is 22.9 Å². The largest absolute Gasteiger partial charge is 0.349 e. The van der Waals surface area contributed by atoms with E-state index in [0.717, 1.165) is 42.1 Å². The van der Waals surface area contributed by atoms with Gasteiger partial charge in [-0.3, -0.25) is 4.79 Å². The quantitative estimate of drug-likeness (QED) is 0.535. The summed E-state index contributed by atoms with van der Waals surface area (Å²) in [5.41, 5.74) is 1.96. The molecule has 1 amide bonds. The Bertz CT molecular complexity index is 870. The molecule has 1 heterocycles. The molecule has 1 aromatic heterocycles. The van der Waals surface area contributed by atoms with Crippen LogP contribution in [0.2, 0.25) is 0 Å². The van der Waals surface area contributed by atoms with Crippen molar-refractivity contribution in [1.82, 2.24) is 9.88 Å². The summed E-state index contributed by atoms with van der Waals surface area (Å²) in [6.07, 6.45) is 13.2. The lowest BCUT2D eigenvalue weighted by atomic mass is 10.1. The number of carbonyl (C=O) groups is 1. The van der Waals surface area contributed by atoms with Crippen molar-refractivity contribution in [1.29, 1.82) is 5.26 Å². The Hall–Kier alpha value is -2.98. The fraction of sp³-hybridized carbons (Fsp3) is 0.300. The first-order valence-electron chi connectivity index (χ1n) is 8.17. The zero-order valence-corrected chi connectivity index (χ0v) is 13.5. The molecule has 2 aromatic rings. The van der Waals surface area contributed by atoms with Crippen LogP contribution in [0.4, 0.5) is 0 Å². The second kappa shape index (κ2) is 7.06. The van der Waals surface area contributed by atoms with Crippen molar-refractivity contribution in [2.45, 2.75) is 38.3 Å². The number of amides is 1. The van der Waals surface area contributed by atoms with Gasteiger partial charge in [0.05, 0.1) is 6.54 Å². The number of rotatable bonds is 4. The van der Waals surface area contributed by atoms with E-state index in [4.69, 9.17) is 6.42 Å². The average Bonchev–Trinajstić information content (AvgIpc) is 3.21. The SMILES string of the molecule is C#CCn1cc(/C=C(/C#N)C(=O)NC2CCCC2)c2ccccc21. The predicted molar refractivity (Wildman–Crippen MR) is 94.8 cm³/mol. The van der Waals surface area contributed by atoms with Crippen LogP contribution in [0.1, 0.15) is 31.2 Å². The molecule has 0 spiro atoms. The Labute approximate surface area is 141 Å². The number of nitrogens with one attached hydrogen (secondary N) is 1. The van der Waals surface area contributed by atoms with Gasteiger partial charge in [0.25, 0.3) is 5.91 Å². The highest BCUT2D eigenvalue weighted by molar-refractivity contribution is 6.04. The maximum Gasteiger partial charge on any atom is 0.262 e. The van der Waals surface area contributed by atoms with E-state index < -0.39 is 0 Å². The Kier molecular flexibility index (Phi) is 4.68. The molecular weight excluding hydrogens is 298 g/mol. The van der Waals surface area contributed by atoms with Gasteiger partial charge in [-0.25, -0.2) is 0 Å². The third-order valence-electron chi connectivity index (χ3n) is 4.44. The van der Waals surface area contributed by atoms with E-state index in [9.17, 15) is 10.1 Å². The second-order valence-corrected chi connectivity index (χ2v) is 6.06. The normalized spacial score (nSPS) is 15.2. The maximum atomic E-state index is 12.4. The molecule has 0 radical (unpaired) electrons. The summed E-state index contributed by atoms with van der Waals surface area (Å²) in [6.45, 7) is 0.449. The first kappa shape index (κ1) is 15.9. The molecule has 1 aliphatic carbocycles. The second-order valence-electron chi connectivity index (χ2n) is 6.06. The smallest absolute Gasteiger partial charge is 0.262 e. The van der Waals surface area contributed by atoms with Crippen LogP contribution in [0.5, 0.6) is 0 Å². The molecule has 0 saturated heterocycles. The predicted octanol–water partition coefficient (Wildman–Crippen LogP) is 3.24. The Balaban J connectivity index is 1.93. The number of aromatic nitrogens is 1. The standard InChI is InChI=1S/C20H19N3O/c1-2-11-23-14-16(18-9-5-6-10-19(18)23)12-15(13-21)20(24)22-17-7-3-4-8-17/h1,5-6,9-10,12,14,17H,3-4,7-8,11H2,(H,22,24)/b15-12-. The molecule has 3 rings (SSSR count). The van der Waals surface area contributed by atoms with Crippen LogP contribution in [-0.2, 0) is 11.3 Å². The lowest BCUT2D eigenvalue weighted by molar-refractivity contribution is -0.117. The first-order chi connectivity index (χ1) is 11.7. The van der Waals surface area contributed by atoms with Gasteiger partial charge < -0.3 is 9.88 Å². The topological polar surface area (TPSA) is 57.8 Å². The molecular formula is C20H19N3O. The van der Waals surface area contributed by atoms with Crippen LogP contribution in [0, 0.1) is 23.7 Å². The zero-order valence-electron chi connectivity index (χ0n) is 13.5. The van der Waals surface area contributed by atoms with E-state index in [-0.39, 0.29) is 17.5 Å². The number of hydrogen-bond acceptors (Lipinski definition) is 2. The van der Waals surface area contributed by atoms with Crippen LogP contribution in [0.3, 0.4) is 0 Å². The molecule has 0 atom stereocenters. The molecule has 1 aliphatic rings. The van der Waals surface area contributed by atoms with Crippen molar-refractivity contribution in [3.63, 3.8) is 0 Å². The lowest BCUT2D eigenvalue weighted by Gasteiger charge is -2.10. The van der Waals surface area contributed by atoms with Crippen molar-refractivity contribution < 1.29 is 4.79 Å². The summed E-state index contributed by atoms with van der Waals surface area (Å²) in [7, 11) is 0. The van der Waals surface area contributed by atoms with E-state index in [2.05, 4.69) is 11.2 Å². The first-order valence-corrected chi connectivity index (χ1v) is 8.17. The number of para-hydroxylation sites is 1. The Morgan fingerprint density at radius 3 is 2.83 bits per heavy atom. The van der Waals surface area contributed by atoms with Crippen molar-refractivity contribution in [2.24, 2.45) is 0 Å². The zero-order chi connectivity index (χ0) is 16.9. The van der Waals surface area contributed by atoms with Crippen LogP contribution in [0.15, 0.2) is 36.0 Å². The molecule has 4 nitrogen and oxygen atoms in total. The molecule has 1 aromatic carbocycles. The fourth-order valence-electron chi connectivity index (χ4n) is 3.26. The third-order valence-corrected chi connectivity index (χ3v) is 4.44. The monoisotopic (exact) mass is 317 g/mol. The molecule has 1 fully saturated rings. The number of fused-ring (bicyclic) bond motifs is 1. The summed E-state index contributed by atoms with van der Waals surface area (Å²) in [5, 5.41) is 13.3. The summed E-state index contributed by atoms with van der Waals surface area (Å²) in [6, 6.07) is 10.1. The minimum Gasteiger partial charge on any atom is -0.349 e. The number of nitrogens with zero attached hydrogens (tertiary/aromatic N) is 2. The summed E-state index contributed by atoms with van der Waals surface area (Å²) in [5.74, 6) is 2.33. The van der Waals surface area contributed by atoms with E-state index in [1.165, 1.54) is 0 Å². The Morgan fingerprint density at radius 1 is 1.38 bits per heavy atom. The van der Waals surface area contributed by atoms with Crippen molar-refractivity contribution in [3.8, 4) is 18.4 Å². The van der Waals surface area contributed by atoms with Crippen LogP contribution in [-0.4, -0.2) is 16.5 Å². The van der Waals surface area contributed by atoms with Gasteiger partial charge in [-0.1, -0.05) is 37.0 Å². The van der Waals surface area contributed by atoms with E-state index in [1.54, 1.807) is 6.08 Å². The van der Waals surface area contributed by atoms with E-state index in [1.807, 2.05) is 41.1 Å². The van der Waals surface area contributed by atoms with Gasteiger partial charge in [0.2, 0.25) is 0 Å². The molecule has 1 saturated carbocycles. The highest BCUT2D eigenvalue weighted by Gasteiger charge is 2.19. The van der Waals surface area contributed by atoms with E-state index in [0.29, 0.717) is 6.54 Å². The van der Waals surface area contributed by atoms with Crippen LogP contribution in [0.25, 0.3) is 17.0 Å². The van der Waals surface area contributed by atoms with Gasteiger partial charge in [-0.15, -0.1) is 6.42 Å². The minimum absolute atomic E-state index is 0.130. The summed E-state index contributed by atoms with van der Waals surface area (Å²) in [4.78, 5) is 12.4. The van der Waals surface area contributed by atoms with Gasteiger partial charge in [-0.05, 0) is 25.0 Å². The van der Waals surface area contributed by atoms with Gasteiger partial charge >= 0.3 is 0 Å². The number of hydrogen-bond donors (Lipinski definition) is 1. The molecule has 24 heavy (non-hydrogen) atoms. The van der Waals surface area contributed by atoms with Crippen LogP contribution >= 0.6 is 0 Å². The van der Waals surface area contributed by atoms with E-state index >= 15 is 0 Å². The number of nitriles is 1. The Morgan fingerprint density at radius 2 is 2.12 bits per heavy atom. The minimum atomic E-state index is -0.293. The molecule has 1 N–H and O–H groups in total. The molecule has 0 unspecified atom stereocenters. The molecule has 0 aliphatic heterocycles. The molecule has 120 valence electrons. The molecule has 4 heteroatoms. The van der Waals surface area contributed by atoms with Crippen LogP contribution < -0.4 is 5.32 Å². The highest BCUT2D eigenvalue weighted by atomic mass is 16.1. The lowest BCUT2D eigenvalue weighted by Crippen LogP contribution is -2.33. The summed E-state index contributed by atoms with van der Waals surface area (Å²) >= 11 is 0.